The molecule has 0 bridgehead atoms. The zero-order valence-corrected chi connectivity index (χ0v) is 14.8. The van der Waals surface area contributed by atoms with Gasteiger partial charge in [-0.3, -0.25) is 0 Å². The number of nitrogens with two attached hydrogens (primary N) is 1. The summed E-state index contributed by atoms with van der Waals surface area (Å²) in [6, 6.07) is 0.429. The van der Waals surface area contributed by atoms with Gasteiger partial charge in [0, 0.05) is 32.4 Å². The molecule has 0 radical (unpaired) electrons. The van der Waals surface area contributed by atoms with Gasteiger partial charge in [0.25, 0.3) is 0 Å². The minimum absolute atomic E-state index is 0.448. The molecule has 2 amide bonds. The Labute approximate surface area is 130 Å². The van der Waals surface area contributed by atoms with Crippen molar-refractivity contribution in [2.24, 2.45) is 5.73 Å². The number of nitrogens with one attached hydrogen (secondary N) is 1. The summed E-state index contributed by atoms with van der Waals surface area (Å²) in [7, 11) is -2.46. The van der Waals surface area contributed by atoms with Gasteiger partial charge in [0.1, 0.15) is 0 Å². The molecule has 0 saturated carbocycles. The molecule has 0 aromatic heterocycles. The van der Waals surface area contributed by atoms with Crippen LogP contribution in [-0.2, 0) is 13.3 Å². The van der Waals surface area contributed by atoms with E-state index in [1.165, 1.54) is 0 Å². The molecule has 0 aliphatic rings. The second-order valence-corrected chi connectivity index (χ2v) is 7.52. The van der Waals surface area contributed by atoms with Gasteiger partial charge in [0.2, 0.25) is 0 Å². The Morgan fingerprint density at radius 1 is 0.905 bits per heavy atom. The number of hydrogen-bond donors (Lipinski definition) is 2. The highest BCUT2D eigenvalue weighted by Crippen LogP contribution is 2.20. The lowest BCUT2D eigenvalue weighted by Gasteiger charge is -2.28. The summed E-state index contributed by atoms with van der Waals surface area (Å²) in [5.41, 5.74) is 5.00. The first-order valence-electron chi connectivity index (χ1n) is 8.05. The number of amides is 2. The lowest BCUT2D eigenvalue weighted by molar-refractivity contribution is 0.0706. The number of unbranched alkanes of at least 4 members (excludes halogenated alkanes) is 4. The fraction of sp³-hybridized carbons (Fsp3) is 0.929. The van der Waals surface area contributed by atoms with Gasteiger partial charge in [-0.1, -0.05) is 19.3 Å². The molecule has 126 valence electrons. The van der Waals surface area contributed by atoms with E-state index in [1.54, 1.807) is 0 Å². The molecule has 0 fully saturated rings. The van der Waals surface area contributed by atoms with E-state index in [1.807, 2.05) is 20.8 Å². The topological polar surface area (TPSA) is 82.8 Å². The van der Waals surface area contributed by atoms with Crippen molar-refractivity contribution in [1.29, 1.82) is 0 Å². The highest BCUT2D eigenvalue weighted by atomic mass is 28.4. The van der Waals surface area contributed by atoms with Crippen LogP contribution >= 0.6 is 0 Å². The predicted molar refractivity (Wildman–Crippen MR) is 86.1 cm³/mol. The highest BCUT2D eigenvalue weighted by molar-refractivity contribution is 6.60. The smallest absolute Gasteiger partial charge is 0.374 e. The first-order valence-corrected chi connectivity index (χ1v) is 9.98. The van der Waals surface area contributed by atoms with Gasteiger partial charge in [-0.05, 0) is 33.6 Å². The summed E-state index contributed by atoms with van der Waals surface area (Å²) in [6.07, 6.45) is 5.37. The zero-order chi connectivity index (χ0) is 16.0. The summed E-state index contributed by atoms with van der Waals surface area (Å²) in [5.74, 6) is 0. The first kappa shape index (κ1) is 20.4. The largest absolute Gasteiger partial charge is 0.500 e. The van der Waals surface area contributed by atoms with Gasteiger partial charge in [0.05, 0.1) is 0 Å². The molecule has 0 unspecified atom stereocenters. The lowest BCUT2D eigenvalue weighted by atomic mass is 10.1. The Kier molecular flexibility index (Phi) is 12.7. The highest BCUT2D eigenvalue weighted by Gasteiger charge is 2.39. The van der Waals surface area contributed by atoms with Gasteiger partial charge >= 0.3 is 14.8 Å². The van der Waals surface area contributed by atoms with E-state index in [0.717, 1.165) is 38.1 Å². The van der Waals surface area contributed by atoms with Crippen LogP contribution in [0.25, 0.3) is 0 Å². The molecule has 21 heavy (non-hydrogen) atoms. The molecule has 6 nitrogen and oxygen atoms in total. The Balaban J connectivity index is 3.83. The number of urea groups is 1. The zero-order valence-electron chi connectivity index (χ0n) is 13.8. The van der Waals surface area contributed by atoms with Crippen LogP contribution in [0.4, 0.5) is 4.79 Å². The fourth-order valence-electron chi connectivity index (χ4n) is 2.21. The van der Waals surface area contributed by atoms with E-state index >= 15 is 0 Å². The third kappa shape index (κ3) is 10.7. The third-order valence-electron chi connectivity index (χ3n) is 3.05. The van der Waals surface area contributed by atoms with Crippen LogP contribution in [0.2, 0.25) is 6.04 Å². The molecule has 0 heterocycles. The molecule has 0 saturated heterocycles. The quantitative estimate of drug-likeness (QED) is 0.381. The average molecular weight is 321 g/mol. The predicted octanol–water partition coefficient (Wildman–Crippen LogP) is 2.65. The average Bonchev–Trinajstić information content (AvgIpc) is 2.42. The van der Waals surface area contributed by atoms with Gasteiger partial charge in [-0.25, -0.2) is 4.79 Å². The Morgan fingerprint density at radius 2 is 1.38 bits per heavy atom. The van der Waals surface area contributed by atoms with Crippen molar-refractivity contribution in [3.05, 3.63) is 0 Å². The molecule has 0 atom stereocenters. The van der Waals surface area contributed by atoms with E-state index in [0.29, 0.717) is 26.4 Å². The fourth-order valence-corrected chi connectivity index (χ4v) is 4.90. The van der Waals surface area contributed by atoms with Crippen LogP contribution < -0.4 is 11.1 Å². The monoisotopic (exact) mass is 320 g/mol. The van der Waals surface area contributed by atoms with Crippen molar-refractivity contribution < 1.29 is 18.1 Å². The van der Waals surface area contributed by atoms with Crippen LogP contribution in [0.1, 0.15) is 52.9 Å². The molecule has 0 rings (SSSR count). The maximum atomic E-state index is 10.5. The first-order chi connectivity index (χ1) is 10.1. The molecule has 0 aliphatic carbocycles. The van der Waals surface area contributed by atoms with Gasteiger partial charge < -0.3 is 24.3 Å². The molecular formula is C14H32N2O4Si. The normalized spacial score (nSPS) is 11.6. The summed E-state index contributed by atoms with van der Waals surface area (Å²) in [5, 5.41) is 2.60. The molecular weight excluding hydrogens is 288 g/mol. The van der Waals surface area contributed by atoms with Crippen molar-refractivity contribution in [1.82, 2.24) is 5.32 Å². The second kappa shape index (κ2) is 13.1. The molecule has 3 N–H and O–H groups in total. The number of primary amides is 1. The van der Waals surface area contributed by atoms with E-state index in [2.05, 4.69) is 5.32 Å². The molecule has 0 spiro atoms. The van der Waals surface area contributed by atoms with Crippen molar-refractivity contribution in [2.45, 2.75) is 58.9 Å². The number of rotatable bonds is 14. The van der Waals surface area contributed by atoms with Crippen LogP contribution in [0, 0.1) is 0 Å². The Morgan fingerprint density at radius 3 is 1.86 bits per heavy atom. The summed E-state index contributed by atoms with van der Waals surface area (Å²) in [6.45, 7) is 8.48. The maximum absolute atomic E-state index is 10.5. The van der Waals surface area contributed by atoms with Crippen LogP contribution in [0.3, 0.4) is 0 Å². The standard InChI is InChI=1S/C14H32N2O4Si/c1-4-18-21(19-5-2,20-6-3)13-11-9-7-8-10-12-16-14(15)17/h4-13H2,1-3H3,(H3,15,16,17). The minimum Gasteiger partial charge on any atom is -0.374 e. The molecule has 0 aromatic carbocycles. The summed E-state index contributed by atoms with van der Waals surface area (Å²) >= 11 is 0. The number of carbonyl (C=O) groups is 1. The van der Waals surface area contributed by atoms with Crippen LogP contribution in [0.5, 0.6) is 0 Å². The number of carbonyl (C=O) groups excluding carboxylic acids is 1. The lowest BCUT2D eigenvalue weighted by Crippen LogP contribution is -2.45. The van der Waals surface area contributed by atoms with Crippen molar-refractivity contribution >= 4 is 14.8 Å². The third-order valence-corrected chi connectivity index (χ3v) is 6.20. The van der Waals surface area contributed by atoms with Crippen LogP contribution in [0.15, 0.2) is 0 Å². The molecule has 0 aliphatic heterocycles. The van der Waals surface area contributed by atoms with Crippen LogP contribution in [-0.4, -0.2) is 41.2 Å². The molecule has 7 heteroatoms. The van der Waals surface area contributed by atoms with Crippen molar-refractivity contribution in [3.63, 3.8) is 0 Å². The number of hydrogen-bond acceptors (Lipinski definition) is 4. The van der Waals surface area contributed by atoms with Crippen molar-refractivity contribution in [2.75, 3.05) is 26.4 Å². The van der Waals surface area contributed by atoms with E-state index in [4.69, 9.17) is 19.0 Å². The second-order valence-electron chi connectivity index (χ2n) is 4.79. The Bertz CT molecular complexity index is 250. The SMILES string of the molecule is CCO[Si](CCCCCCCNC(N)=O)(OCC)OCC. The van der Waals surface area contributed by atoms with E-state index in [-0.39, 0.29) is 0 Å². The van der Waals surface area contributed by atoms with E-state index in [9.17, 15) is 4.79 Å². The molecule has 0 aromatic rings. The van der Waals surface area contributed by atoms with Gasteiger partial charge in [-0.15, -0.1) is 0 Å². The maximum Gasteiger partial charge on any atom is 0.500 e. The van der Waals surface area contributed by atoms with Gasteiger partial charge in [-0.2, -0.15) is 0 Å². The van der Waals surface area contributed by atoms with Gasteiger partial charge in [0.15, 0.2) is 0 Å². The summed E-state index contributed by atoms with van der Waals surface area (Å²) < 4.78 is 17.4. The van der Waals surface area contributed by atoms with Crippen molar-refractivity contribution in [3.8, 4) is 0 Å². The summed E-state index contributed by atoms with van der Waals surface area (Å²) in [4.78, 5) is 10.5. The van der Waals surface area contributed by atoms with E-state index < -0.39 is 14.8 Å². The Hall–Kier alpha value is -0.633. The minimum atomic E-state index is -2.46.